The first-order valence-electron chi connectivity index (χ1n) is 6.46. The van der Waals surface area contributed by atoms with Crippen molar-refractivity contribution in [1.29, 1.82) is 0 Å². The van der Waals surface area contributed by atoms with Gasteiger partial charge in [-0.1, -0.05) is 5.92 Å². The first-order valence-corrected chi connectivity index (χ1v) is 6.84. The molecule has 0 saturated carbocycles. The van der Waals surface area contributed by atoms with Crippen molar-refractivity contribution in [2.45, 2.75) is 24.0 Å². The Morgan fingerprint density at radius 2 is 2.22 bits per heavy atom. The molecule has 0 spiro atoms. The summed E-state index contributed by atoms with van der Waals surface area (Å²) in [6.07, 6.45) is 1.83. The van der Waals surface area contributed by atoms with Crippen LogP contribution >= 0.6 is 11.6 Å². The van der Waals surface area contributed by atoms with Crippen LogP contribution in [0, 0.1) is 18.2 Å². The highest BCUT2D eigenvalue weighted by Crippen LogP contribution is 2.39. The molecular weight excluding hydrogens is 331 g/mol. The van der Waals surface area contributed by atoms with Gasteiger partial charge in [-0.15, -0.1) is 6.42 Å². The predicted octanol–water partition coefficient (Wildman–Crippen LogP) is -0.579. The molecule has 2 aromatic heterocycles. The summed E-state index contributed by atoms with van der Waals surface area (Å²) in [4.78, 5) is 7.52. The van der Waals surface area contributed by atoms with Gasteiger partial charge in [0.25, 0.3) is 0 Å². The Kier molecular flexibility index (Phi) is 3.66. The lowest BCUT2D eigenvalue weighted by Crippen LogP contribution is -2.44. The SMILES string of the molecule is C#C[C@]1(CO)O[C@@H](n2cc(F)c3c(N)nc(Cl)nc32)[C@@H](O)C1O. The molecule has 122 valence electrons. The Balaban J connectivity index is 2.17. The molecule has 2 aromatic rings. The summed E-state index contributed by atoms with van der Waals surface area (Å²) < 4.78 is 20.6. The minimum Gasteiger partial charge on any atom is -0.392 e. The van der Waals surface area contributed by atoms with E-state index in [1.54, 1.807) is 0 Å². The second kappa shape index (κ2) is 5.30. The largest absolute Gasteiger partial charge is 0.392 e. The first kappa shape index (κ1) is 15.9. The Bertz CT molecular complexity index is 822. The van der Waals surface area contributed by atoms with E-state index in [4.69, 9.17) is 28.5 Å². The fourth-order valence-electron chi connectivity index (χ4n) is 2.60. The fourth-order valence-corrected chi connectivity index (χ4v) is 2.77. The van der Waals surface area contributed by atoms with Gasteiger partial charge in [0.2, 0.25) is 5.28 Å². The van der Waals surface area contributed by atoms with Crippen LogP contribution in [0.15, 0.2) is 6.20 Å². The number of aromatic nitrogens is 3. The molecule has 1 saturated heterocycles. The molecule has 0 bridgehead atoms. The van der Waals surface area contributed by atoms with Gasteiger partial charge in [0.05, 0.1) is 12.0 Å². The number of ether oxygens (including phenoxy) is 1. The molecule has 4 atom stereocenters. The maximum absolute atomic E-state index is 14.1. The number of halogens is 2. The van der Waals surface area contributed by atoms with Crippen molar-refractivity contribution in [3.63, 3.8) is 0 Å². The van der Waals surface area contributed by atoms with E-state index in [9.17, 15) is 19.7 Å². The lowest BCUT2D eigenvalue weighted by molar-refractivity contribution is -0.0910. The molecule has 1 aliphatic heterocycles. The summed E-state index contributed by atoms with van der Waals surface area (Å²) in [6.45, 7) is -0.738. The molecule has 10 heteroatoms. The number of aliphatic hydroxyl groups excluding tert-OH is 3. The van der Waals surface area contributed by atoms with Crippen LogP contribution in [0.25, 0.3) is 11.0 Å². The van der Waals surface area contributed by atoms with Crippen LogP contribution in [0.2, 0.25) is 5.28 Å². The van der Waals surface area contributed by atoms with E-state index in [1.807, 2.05) is 0 Å². The summed E-state index contributed by atoms with van der Waals surface area (Å²) in [7, 11) is 0. The van der Waals surface area contributed by atoms with Crippen LogP contribution in [0.3, 0.4) is 0 Å². The number of terminal acetylenes is 1. The number of nitrogen functional groups attached to an aromatic ring is 1. The van der Waals surface area contributed by atoms with Gasteiger partial charge in [-0.3, -0.25) is 0 Å². The van der Waals surface area contributed by atoms with Crippen LogP contribution in [0.5, 0.6) is 0 Å². The van der Waals surface area contributed by atoms with E-state index in [0.717, 1.165) is 10.8 Å². The number of aliphatic hydroxyl groups is 3. The molecule has 8 nitrogen and oxygen atoms in total. The third kappa shape index (κ3) is 2.15. The summed E-state index contributed by atoms with van der Waals surface area (Å²) in [5, 5.41) is 29.3. The average Bonchev–Trinajstić information content (AvgIpc) is 2.96. The van der Waals surface area contributed by atoms with Crippen LogP contribution < -0.4 is 5.73 Å². The van der Waals surface area contributed by atoms with Crippen molar-refractivity contribution < 1.29 is 24.4 Å². The van der Waals surface area contributed by atoms with E-state index in [1.165, 1.54) is 0 Å². The Labute approximate surface area is 134 Å². The monoisotopic (exact) mass is 342 g/mol. The zero-order valence-corrected chi connectivity index (χ0v) is 12.3. The number of nitrogens with two attached hydrogens (primary N) is 1. The molecule has 1 unspecified atom stereocenters. The first-order chi connectivity index (χ1) is 10.8. The van der Waals surface area contributed by atoms with Crippen molar-refractivity contribution >= 4 is 28.5 Å². The number of rotatable bonds is 2. The van der Waals surface area contributed by atoms with E-state index in [-0.39, 0.29) is 22.1 Å². The van der Waals surface area contributed by atoms with Crippen molar-refractivity contribution in [2.24, 2.45) is 0 Å². The molecule has 23 heavy (non-hydrogen) atoms. The Morgan fingerprint density at radius 3 is 2.78 bits per heavy atom. The maximum Gasteiger partial charge on any atom is 0.226 e. The van der Waals surface area contributed by atoms with E-state index >= 15 is 0 Å². The lowest BCUT2D eigenvalue weighted by atomic mass is 9.97. The van der Waals surface area contributed by atoms with Gasteiger partial charge in [0.15, 0.2) is 23.3 Å². The van der Waals surface area contributed by atoms with Gasteiger partial charge in [-0.05, 0) is 11.6 Å². The average molecular weight is 343 g/mol. The van der Waals surface area contributed by atoms with E-state index in [0.29, 0.717) is 0 Å². The summed E-state index contributed by atoms with van der Waals surface area (Å²) >= 11 is 5.72. The van der Waals surface area contributed by atoms with E-state index in [2.05, 4.69) is 15.9 Å². The van der Waals surface area contributed by atoms with Crippen molar-refractivity contribution in [3.8, 4) is 12.3 Å². The standard InChI is InChI=1S/C13H12ClFN4O4/c1-2-13(4-20)8(22)7(21)11(23-13)19-3-5(15)6-9(16)17-12(14)18-10(6)19/h1,3,7-8,11,20-22H,4H2,(H2,16,17,18)/t7-,8?,11+,13+/m0/s1. The van der Waals surface area contributed by atoms with Gasteiger partial charge >= 0.3 is 0 Å². The molecular formula is C13H12ClFN4O4. The zero-order chi connectivity index (χ0) is 16.9. The quantitative estimate of drug-likeness (QED) is 0.425. The molecule has 3 heterocycles. The number of anilines is 1. The van der Waals surface area contributed by atoms with Gasteiger partial charge in [-0.25, -0.2) is 9.37 Å². The highest BCUT2D eigenvalue weighted by atomic mass is 35.5. The van der Waals surface area contributed by atoms with Crippen LogP contribution in [0.4, 0.5) is 10.2 Å². The van der Waals surface area contributed by atoms with Crippen molar-refractivity contribution in [1.82, 2.24) is 14.5 Å². The third-order valence-corrected chi connectivity index (χ3v) is 3.97. The fraction of sp³-hybridized carbons (Fsp3) is 0.385. The molecule has 1 fully saturated rings. The van der Waals surface area contributed by atoms with Crippen molar-refractivity contribution in [2.75, 3.05) is 12.3 Å². The lowest BCUT2D eigenvalue weighted by Gasteiger charge is -2.23. The molecule has 0 radical (unpaired) electrons. The third-order valence-electron chi connectivity index (χ3n) is 3.80. The maximum atomic E-state index is 14.1. The van der Waals surface area contributed by atoms with E-state index < -0.39 is 36.5 Å². The van der Waals surface area contributed by atoms with Crippen LogP contribution in [0.1, 0.15) is 6.23 Å². The predicted molar refractivity (Wildman–Crippen MR) is 77.7 cm³/mol. The van der Waals surface area contributed by atoms with Crippen molar-refractivity contribution in [3.05, 3.63) is 17.3 Å². The van der Waals surface area contributed by atoms with Gasteiger partial charge in [-0.2, -0.15) is 4.98 Å². The highest BCUT2D eigenvalue weighted by Gasteiger charge is 2.54. The molecule has 0 aromatic carbocycles. The minimum atomic E-state index is -1.82. The topological polar surface area (TPSA) is 127 Å². The minimum absolute atomic E-state index is 0.0398. The normalized spacial score (nSPS) is 30.7. The summed E-state index contributed by atoms with van der Waals surface area (Å²) in [5.41, 5.74) is 3.76. The second-order valence-corrected chi connectivity index (χ2v) is 5.43. The zero-order valence-electron chi connectivity index (χ0n) is 11.5. The number of fused-ring (bicyclic) bond motifs is 1. The summed E-state index contributed by atoms with van der Waals surface area (Å²) in [5.74, 6) is 1.16. The molecule has 5 N–H and O–H groups in total. The van der Waals surface area contributed by atoms with Gasteiger partial charge < -0.3 is 30.4 Å². The Morgan fingerprint density at radius 1 is 1.52 bits per heavy atom. The smallest absolute Gasteiger partial charge is 0.226 e. The van der Waals surface area contributed by atoms with Gasteiger partial charge in [0.1, 0.15) is 18.0 Å². The number of hydrogen-bond donors (Lipinski definition) is 4. The summed E-state index contributed by atoms with van der Waals surface area (Å²) in [6, 6.07) is 0. The van der Waals surface area contributed by atoms with Crippen LogP contribution in [-0.2, 0) is 4.74 Å². The molecule has 0 amide bonds. The Hall–Kier alpha value is -1.96. The van der Waals surface area contributed by atoms with Crippen LogP contribution in [-0.4, -0.2) is 54.3 Å². The second-order valence-electron chi connectivity index (χ2n) is 5.10. The number of hydrogen-bond acceptors (Lipinski definition) is 7. The molecule has 3 rings (SSSR count). The highest BCUT2D eigenvalue weighted by molar-refractivity contribution is 6.28. The van der Waals surface area contributed by atoms with Gasteiger partial charge in [0, 0.05) is 6.20 Å². The molecule has 0 aliphatic carbocycles. The number of nitrogens with zero attached hydrogens (tertiary/aromatic N) is 3. The molecule has 1 aliphatic rings.